The average molecular weight is 482 g/mol. The van der Waals surface area contributed by atoms with Gasteiger partial charge in [-0.1, -0.05) is 0 Å². The summed E-state index contributed by atoms with van der Waals surface area (Å²) >= 11 is 0. The summed E-state index contributed by atoms with van der Waals surface area (Å²) in [7, 11) is 0. The van der Waals surface area contributed by atoms with Gasteiger partial charge >= 0.3 is 12.3 Å². The number of aromatic nitrogens is 1. The number of nitrogens with one attached hydrogen (secondary N) is 1. The van der Waals surface area contributed by atoms with Crippen LogP contribution in [0.1, 0.15) is 37.7 Å². The summed E-state index contributed by atoms with van der Waals surface area (Å²) in [5.74, 6) is 0.934. The van der Waals surface area contributed by atoms with Crippen LogP contribution in [0.25, 0.3) is 0 Å². The van der Waals surface area contributed by atoms with E-state index in [1.165, 1.54) is 12.3 Å². The van der Waals surface area contributed by atoms with Crippen molar-refractivity contribution in [2.24, 2.45) is 23.5 Å². The van der Waals surface area contributed by atoms with Crippen LogP contribution < -0.4 is 16.0 Å². The molecule has 0 aromatic carbocycles. The van der Waals surface area contributed by atoms with Gasteiger partial charge < -0.3 is 20.7 Å². The van der Waals surface area contributed by atoms with Crippen molar-refractivity contribution < 1.29 is 27.5 Å². The van der Waals surface area contributed by atoms with Crippen LogP contribution in [0.4, 0.5) is 23.8 Å². The number of hydrogen-bond acceptors (Lipinski definition) is 6. The first-order valence-corrected chi connectivity index (χ1v) is 11.9. The van der Waals surface area contributed by atoms with Gasteiger partial charge in [-0.2, -0.15) is 13.2 Å². The first-order chi connectivity index (χ1) is 16.1. The number of nitrogens with zero attached hydrogens (tertiary/aromatic N) is 3. The lowest BCUT2D eigenvalue weighted by molar-refractivity contribution is -0.147. The molecule has 6 rings (SSSR count). The topological polar surface area (TPSA) is 101 Å². The molecule has 4 aliphatic carbocycles. The van der Waals surface area contributed by atoms with E-state index < -0.39 is 23.4 Å². The molecule has 5 aliphatic rings. The van der Waals surface area contributed by atoms with Gasteiger partial charge in [0.05, 0.1) is 12.1 Å². The van der Waals surface area contributed by atoms with Crippen LogP contribution in [-0.2, 0) is 15.7 Å². The molecular weight excluding hydrogens is 451 g/mol. The molecule has 5 fully saturated rings. The summed E-state index contributed by atoms with van der Waals surface area (Å²) in [5, 5.41) is 3.22. The van der Waals surface area contributed by atoms with Crippen LogP contribution in [0.3, 0.4) is 0 Å². The molecule has 5 atom stereocenters. The lowest BCUT2D eigenvalue weighted by Gasteiger charge is -2.59. The Kier molecular flexibility index (Phi) is 5.86. The second kappa shape index (κ2) is 8.58. The molecule has 1 aromatic heterocycles. The normalized spacial score (nSPS) is 33.1. The monoisotopic (exact) mass is 481 g/mol. The Hall–Kier alpha value is -2.56. The van der Waals surface area contributed by atoms with Gasteiger partial charge in [-0.05, 0) is 62.0 Å². The highest BCUT2D eigenvalue weighted by molar-refractivity contribution is 5.78. The van der Waals surface area contributed by atoms with Crippen LogP contribution in [-0.4, -0.2) is 66.3 Å². The zero-order chi connectivity index (χ0) is 24.1. The fourth-order valence-corrected chi connectivity index (χ4v) is 6.95. The molecule has 1 aliphatic heterocycles. The molecule has 186 valence electrons. The quantitative estimate of drug-likeness (QED) is 0.670. The smallest absolute Gasteiger partial charge is 0.419 e. The molecule has 34 heavy (non-hydrogen) atoms. The van der Waals surface area contributed by atoms with Gasteiger partial charge in [0.2, 0.25) is 5.91 Å². The van der Waals surface area contributed by atoms with E-state index in [0.717, 1.165) is 38.2 Å². The SMILES string of the molecule is NC(=O)OC12CC3CC(C1)C(NC(=O)CN1CCN(c4ncccc4C(F)(F)F)CC1)[C@@H](C3)C2. The van der Waals surface area contributed by atoms with Crippen LogP contribution in [0.2, 0.25) is 0 Å². The van der Waals surface area contributed by atoms with Gasteiger partial charge in [0.25, 0.3) is 0 Å². The summed E-state index contributed by atoms with van der Waals surface area (Å²) in [6, 6.07) is 2.41. The lowest BCUT2D eigenvalue weighted by atomic mass is 9.52. The van der Waals surface area contributed by atoms with Crippen LogP contribution >= 0.6 is 0 Å². The van der Waals surface area contributed by atoms with Crippen molar-refractivity contribution in [3.05, 3.63) is 23.9 Å². The number of anilines is 1. The van der Waals surface area contributed by atoms with Crippen molar-refractivity contribution in [1.82, 2.24) is 15.2 Å². The molecule has 4 saturated carbocycles. The standard InChI is InChI=1S/C23H30F3N5O3/c24-23(25,26)17-2-1-3-28-20(17)31-6-4-30(5-7-31)13-18(32)29-19-15-8-14-9-16(19)12-22(10-14,11-15)34-21(27)33/h1-3,14-16,19H,4-13H2,(H2,27,33)(H,29,32)/t14?,15-,16?,19?,22?/m0/s1. The molecular formula is C23H30F3N5O3. The molecule has 8 nitrogen and oxygen atoms in total. The number of nitrogens with two attached hydrogens (primary N) is 1. The number of amides is 2. The maximum atomic E-state index is 13.3. The fourth-order valence-electron chi connectivity index (χ4n) is 6.95. The highest BCUT2D eigenvalue weighted by Crippen LogP contribution is 2.57. The Balaban J connectivity index is 1.15. The Bertz CT molecular complexity index is 934. The van der Waals surface area contributed by atoms with Gasteiger partial charge in [0, 0.05) is 38.4 Å². The largest absolute Gasteiger partial charge is 0.443 e. The molecule has 1 saturated heterocycles. The maximum absolute atomic E-state index is 13.3. The predicted octanol–water partition coefficient (Wildman–Crippen LogP) is 2.38. The summed E-state index contributed by atoms with van der Waals surface area (Å²) < 4.78 is 45.5. The van der Waals surface area contributed by atoms with E-state index in [1.807, 2.05) is 4.90 Å². The van der Waals surface area contributed by atoms with Crippen molar-refractivity contribution in [3.63, 3.8) is 0 Å². The summed E-state index contributed by atoms with van der Waals surface area (Å²) in [6.45, 7) is 1.92. The number of ether oxygens (including phenoxy) is 1. The van der Waals surface area contributed by atoms with Gasteiger partial charge in [-0.15, -0.1) is 0 Å². The van der Waals surface area contributed by atoms with Crippen LogP contribution in [0.5, 0.6) is 0 Å². The van der Waals surface area contributed by atoms with E-state index in [9.17, 15) is 22.8 Å². The van der Waals surface area contributed by atoms with Crippen LogP contribution in [0.15, 0.2) is 18.3 Å². The van der Waals surface area contributed by atoms with Gasteiger partial charge in [0.1, 0.15) is 11.4 Å². The number of halogens is 3. The predicted molar refractivity (Wildman–Crippen MR) is 117 cm³/mol. The first kappa shape index (κ1) is 23.2. The number of rotatable bonds is 5. The average Bonchev–Trinajstić information content (AvgIpc) is 2.75. The molecule has 1 aromatic rings. The molecule has 2 heterocycles. The Morgan fingerprint density at radius 3 is 2.44 bits per heavy atom. The van der Waals surface area contributed by atoms with E-state index in [1.54, 1.807) is 4.90 Å². The Morgan fingerprint density at radius 1 is 1.15 bits per heavy atom. The van der Waals surface area contributed by atoms with Crippen molar-refractivity contribution >= 4 is 17.8 Å². The highest BCUT2D eigenvalue weighted by atomic mass is 19.4. The minimum Gasteiger partial charge on any atom is -0.443 e. The number of pyridine rings is 1. The number of carbonyl (C=O) groups is 2. The van der Waals surface area contributed by atoms with Crippen LogP contribution in [0, 0.1) is 17.8 Å². The molecule has 0 radical (unpaired) electrons. The minimum atomic E-state index is -4.46. The van der Waals surface area contributed by atoms with Crippen molar-refractivity contribution in [3.8, 4) is 0 Å². The first-order valence-electron chi connectivity index (χ1n) is 11.9. The molecule has 4 unspecified atom stereocenters. The summed E-state index contributed by atoms with van der Waals surface area (Å²) in [4.78, 5) is 31.8. The second-order valence-corrected chi connectivity index (χ2v) is 10.3. The Morgan fingerprint density at radius 2 is 1.82 bits per heavy atom. The maximum Gasteiger partial charge on any atom is 0.419 e. The number of primary amides is 1. The van der Waals surface area contributed by atoms with Gasteiger partial charge in [0.15, 0.2) is 0 Å². The summed E-state index contributed by atoms with van der Waals surface area (Å²) in [6.07, 6.45) is 0.561. The summed E-state index contributed by atoms with van der Waals surface area (Å²) in [5.41, 5.74) is 4.10. The van der Waals surface area contributed by atoms with Gasteiger partial charge in [-0.25, -0.2) is 9.78 Å². The van der Waals surface area contributed by atoms with Crippen molar-refractivity contribution in [2.75, 3.05) is 37.6 Å². The molecule has 0 spiro atoms. The molecule has 11 heteroatoms. The molecule has 4 bridgehead atoms. The van der Waals surface area contributed by atoms with Crippen molar-refractivity contribution in [2.45, 2.75) is 49.9 Å². The van der Waals surface area contributed by atoms with E-state index >= 15 is 0 Å². The Labute approximate surface area is 196 Å². The number of hydrogen-bond donors (Lipinski definition) is 2. The van der Waals surface area contributed by atoms with Crippen molar-refractivity contribution in [1.29, 1.82) is 0 Å². The van der Waals surface area contributed by atoms with E-state index in [-0.39, 0.29) is 36.1 Å². The zero-order valence-corrected chi connectivity index (χ0v) is 18.9. The third-order valence-corrected chi connectivity index (χ3v) is 7.99. The fraction of sp³-hybridized carbons (Fsp3) is 0.696. The second-order valence-electron chi connectivity index (χ2n) is 10.3. The van der Waals surface area contributed by atoms with E-state index in [0.29, 0.717) is 32.1 Å². The number of alkyl halides is 3. The third kappa shape index (κ3) is 4.54. The minimum absolute atomic E-state index is 0.0557. The number of carbonyl (C=O) groups excluding carboxylic acids is 2. The number of piperazine rings is 1. The van der Waals surface area contributed by atoms with E-state index in [4.69, 9.17) is 10.5 Å². The molecule has 2 amide bonds. The highest BCUT2D eigenvalue weighted by Gasteiger charge is 2.57. The lowest BCUT2D eigenvalue weighted by Crippen LogP contribution is -2.63. The van der Waals surface area contributed by atoms with E-state index in [2.05, 4.69) is 10.3 Å². The zero-order valence-electron chi connectivity index (χ0n) is 18.9. The molecule has 3 N–H and O–H groups in total. The van der Waals surface area contributed by atoms with Gasteiger partial charge in [-0.3, -0.25) is 9.69 Å². The third-order valence-electron chi connectivity index (χ3n) is 7.99.